The van der Waals surface area contributed by atoms with Gasteiger partial charge in [-0.1, -0.05) is 57.6 Å². The van der Waals surface area contributed by atoms with Crippen molar-refractivity contribution >= 4 is 7.32 Å². The molecule has 0 aromatic heterocycles. The number of hydrogen-bond donors (Lipinski definition) is 2. The Bertz CT molecular complexity index is 325. The Morgan fingerprint density at radius 3 is 2.05 bits per heavy atom. The summed E-state index contributed by atoms with van der Waals surface area (Å²) < 4.78 is 4.76. The third kappa shape index (κ3) is 7.91. The fraction of sp³-hybridized carbons (Fsp3) is 0.600. The standard InChI is InChI=1S/C15H25BO3/c1-2-3-4-5-6-7-8-9-14-10-12-15(13-11-14)19-16(17)18/h10-13,17-18H,2-9H2,1H3. The van der Waals surface area contributed by atoms with Gasteiger partial charge in [0.25, 0.3) is 0 Å². The van der Waals surface area contributed by atoms with Gasteiger partial charge in [-0.3, -0.25) is 0 Å². The summed E-state index contributed by atoms with van der Waals surface area (Å²) in [6.45, 7) is 2.24. The lowest BCUT2D eigenvalue weighted by Crippen LogP contribution is -2.20. The summed E-state index contributed by atoms with van der Waals surface area (Å²) in [5.74, 6) is 0.485. The molecule has 1 aromatic carbocycles. The molecule has 0 aliphatic heterocycles. The molecular formula is C15H25BO3. The van der Waals surface area contributed by atoms with Crippen molar-refractivity contribution in [1.82, 2.24) is 0 Å². The van der Waals surface area contributed by atoms with Gasteiger partial charge in [-0.15, -0.1) is 0 Å². The minimum atomic E-state index is -1.74. The second kappa shape index (κ2) is 9.87. The minimum absolute atomic E-state index is 0.485. The summed E-state index contributed by atoms with van der Waals surface area (Å²) in [6.07, 6.45) is 10.3. The molecular weight excluding hydrogens is 239 g/mol. The van der Waals surface area contributed by atoms with Crippen LogP contribution in [0.4, 0.5) is 0 Å². The van der Waals surface area contributed by atoms with Crippen molar-refractivity contribution in [3.05, 3.63) is 29.8 Å². The van der Waals surface area contributed by atoms with E-state index >= 15 is 0 Å². The third-order valence-corrected chi connectivity index (χ3v) is 3.23. The van der Waals surface area contributed by atoms with Crippen molar-refractivity contribution in [1.29, 1.82) is 0 Å². The van der Waals surface area contributed by atoms with Crippen molar-refractivity contribution in [2.75, 3.05) is 0 Å². The minimum Gasteiger partial charge on any atom is -0.512 e. The van der Waals surface area contributed by atoms with Crippen LogP contribution in [0, 0.1) is 0 Å². The molecule has 3 nitrogen and oxygen atoms in total. The lowest BCUT2D eigenvalue weighted by atomic mass is 10.0. The average Bonchev–Trinajstić information content (AvgIpc) is 2.39. The fourth-order valence-corrected chi connectivity index (χ4v) is 2.14. The summed E-state index contributed by atoms with van der Waals surface area (Å²) in [5, 5.41) is 17.3. The third-order valence-electron chi connectivity index (χ3n) is 3.23. The summed E-state index contributed by atoms with van der Waals surface area (Å²) in [4.78, 5) is 0. The average molecular weight is 264 g/mol. The van der Waals surface area contributed by atoms with Gasteiger partial charge in [-0.05, 0) is 30.5 Å². The van der Waals surface area contributed by atoms with Crippen LogP contribution in [0.1, 0.15) is 57.4 Å². The Balaban J connectivity index is 2.12. The maximum Gasteiger partial charge on any atom is 0.707 e. The summed E-state index contributed by atoms with van der Waals surface area (Å²) >= 11 is 0. The molecule has 19 heavy (non-hydrogen) atoms. The van der Waals surface area contributed by atoms with E-state index in [1.165, 1.54) is 50.5 Å². The largest absolute Gasteiger partial charge is 0.707 e. The van der Waals surface area contributed by atoms with E-state index in [2.05, 4.69) is 6.92 Å². The Morgan fingerprint density at radius 1 is 0.895 bits per heavy atom. The number of rotatable bonds is 10. The van der Waals surface area contributed by atoms with Crippen LogP contribution in [0.2, 0.25) is 0 Å². The maximum absolute atomic E-state index is 8.67. The highest BCUT2D eigenvalue weighted by Gasteiger charge is 2.10. The Kier molecular flexibility index (Phi) is 8.35. The second-order valence-corrected chi connectivity index (χ2v) is 4.96. The molecule has 4 heteroatoms. The highest BCUT2D eigenvalue weighted by Crippen LogP contribution is 2.15. The zero-order valence-electron chi connectivity index (χ0n) is 11.8. The topological polar surface area (TPSA) is 49.7 Å². The smallest absolute Gasteiger partial charge is 0.512 e. The van der Waals surface area contributed by atoms with E-state index in [0.717, 1.165) is 6.42 Å². The number of unbranched alkanes of at least 4 members (excludes halogenated alkanes) is 6. The van der Waals surface area contributed by atoms with E-state index in [9.17, 15) is 0 Å². The lowest BCUT2D eigenvalue weighted by Gasteiger charge is -2.06. The van der Waals surface area contributed by atoms with E-state index in [0.29, 0.717) is 5.75 Å². The van der Waals surface area contributed by atoms with Gasteiger partial charge in [0.05, 0.1) is 0 Å². The van der Waals surface area contributed by atoms with E-state index in [1.54, 1.807) is 12.1 Å². The molecule has 0 spiro atoms. The Labute approximate surface area is 116 Å². The predicted octanol–water partition coefficient (Wildman–Crippen LogP) is 3.33. The fourth-order valence-electron chi connectivity index (χ4n) is 2.14. The zero-order chi connectivity index (χ0) is 13.9. The maximum atomic E-state index is 8.67. The first-order valence-electron chi connectivity index (χ1n) is 7.34. The second-order valence-electron chi connectivity index (χ2n) is 4.96. The van der Waals surface area contributed by atoms with Crippen molar-refractivity contribution in [2.24, 2.45) is 0 Å². The zero-order valence-corrected chi connectivity index (χ0v) is 11.8. The predicted molar refractivity (Wildman–Crippen MR) is 79.0 cm³/mol. The molecule has 106 valence electrons. The number of hydrogen-bond acceptors (Lipinski definition) is 3. The molecule has 0 radical (unpaired) electrons. The first-order chi connectivity index (χ1) is 9.22. The molecule has 2 N–H and O–H groups in total. The van der Waals surface area contributed by atoms with E-state index in [4.69, 9.17) is 14.7 Å². The molecule has 0 unspecified atom stereocenters. The molecule has 0 amide bonds. The van der Waals surface area contributed by atoms with E-state index < -0.39 is 7.32 Å². The number of aryl methyl sites for hydroxylation is 1. The van der Waals surface area contributed by atoms with Gasteiger partial charge < -0.3 is 14.7 Å². The molecule has 0 aliphatic carbocycles. The molecule has 0 bridgehead atoms. The van der Waals surface area contributed by atoms with E-state index in [-0.39, 0.29) is 0 Å². The summed E-state index contributed by atoms with van der Waals surface area (Å²) in [7, 11) is -1.74. The molecule has 1 rings (SSSR count). The van der Waals surface area contributed by atoms with Gasteiger partial charge in [0, 0.05) is 0 Å². The number of benzene rings is 1. The first kappa shape index (κ1) is 16.1. The van der Waals surface area contributed by atoms with Gasteiger partial charge in [-0.25, -0.2) is 0 Å². The van der Waals surface area contributed by atoms with Crippen molar-refractivity contribution in [3.8, 4) is 5.75 Å². The summed E-state index contributed by atoms with van der Waals surface area (Å²) in [6, 6.07) is 7.51. The van der Waals surface area contributed by atoms with Crippen LogP contribution in [0.5, 0.6) is 5.75 Å². The molecule has 1 aromatic rings. The highest BCUT2D eigenvalue weighted by atomic mass is 16.6. The van der Waals surface area contributed by atoms with E-state index in [1.807, 2.05) is 12.1 Å². The van der Waals surface area contributed by atoms with Crippen LogP contribution < -0.4 is 4.65 Å². The van der Waals surface area contributed by atoms with Crippen LogP contribution in [-0.2, 0) is 6.42 Å². The van der Waals surface area contributed by atoms with Gasteiger partial charge in [0.1, 0.15) is 5.75 Å². The van der Waals surface area contributed by atoms with Gasteiger partial charge >= 0.3 is 7.32 Å². The SMILES string of the molecule is CCCCCCCCCc1ccc(OB(O)O)cc1. The molecule has 0 fully saturated rings. The summed E-state index contributed by atoms with van der Waals surface area (Å²) in [5.41, 5.74) is 1.27. The monoisotopic (exact) mass is 264 g/mol. The van der Waals surface area contributed by atoms with Crippen LogP contribution in [0.3, 0.4) is 0 Å². The molecule has 0 saturated carbocycles. The van der Waals surface area contributed by atoms with Crippen molar-refractivity contribution < 1.29 is 14.7 Å². The van der Waals surface area contributed by atoms with Crippen LogP contribution >= 0.6 is 0 Å². The van der Waals surface area contributed by atoms with Crippen LogP contribution in [0.15, 0.2) is 24.3 Å². The Morgan fingerprint density at radius 2 is 1.47 bits per heavy atom. The normalized spacial score (nSPS) is 10.5. The van der Waals surface area contributed by atoms with Gasteiger partial charge in [-0.2, -0.15) is 0 Å². The quantitative estimate of drug-likeness (QED) is 0.503. The van der Waals surface area contributed by atoms with Crippen molar-refractivity contribution in [2.45, 2.75) is 58.3 Å². The lowest BCUT2D eigenvalue weighted by molar-refractivity contribution is 0.288. The van der Waals surface area contributed by atoms with Crippen LogP contribution in [0.25, 0.3) is 0 Å². The highest BCUT2D eigenvalue weighted by molar-refractivity contribution is 6.33. The molecule has 0 saturated heterocycles. The van der Waals surface area contributed by atoms with Gasteiger partial charge in [0.2, 0.25) is 0 Å². The molecule has 0 aliphatic rings. The van der Waals surface area contributed by atoms with Crippen LogP contribution in [-0.4, -0.2) is 17.4 Å². The first-order valence-corrected chi connectivity index (χ1v) is 7.34. The van der Waals surface area contributed by atoms with Crippen molar-refractivity contribution in [3.63, 3.8) is 0 Å². The Hall–Kier alpha value is -0.995. The van der Waals surface area contributed by atoms with Gasteiger partial charge in [0.15, 0.2) is 0 Å². The molecule has 0 heterocycles. The molecule has 0 atom stereocenters.